The Morgan fingerprint density at radius 2 is 2.13 bits per heavy atom. The number of rotatable bonds is 4. The van der Waals surface area contributed by atoms with Crippen LogP contribution in [-0.2, 0) is 4.79 Å². The second kappa shape index (κ2) is 7.83. The van der Waals surface area contributed by atoms with E-state index in [0.29, 0.717) is 41.4 Å². The number of halogens is 1. The minimum Gasteiger partial charge on any atom is -0.399 e. The van der Waals surface area contributed by atoms with Crippen LogP contribution in [0.2, 0.25) is 0 Å². The minimum atomic E-state index is -0.397. The highest BCUT2D eigenvalue weighted by Crippen LogP contribution is 2.30. The van der Waals surface area contributed by atoms with E-state index < -0.39 is 5.82 Å². The Morgan fingerprint density at radius 3 is 2.90 bits per heavy atom. The monoisotopic (exact) mass is 405 g/mol. The summed E-state index contributed by atoms with van der Waals surface area (Å²) < 4.78 is 13.9. The summed E-state index contributed by atoms with van der Waals surface area (Å²) in [4.78, 5) is 22.5. The molecule has 1 fully saturated rings. The molecule has 1 aliphatic rings. The lowest BCUT2D eigenvalue weighted by Crippen LogP contribution is -2.35. The number of carbonyl (C=O) groups is 1. The molecule has 1 saturated heterocycles. The van der Waals surface area contributed by atoms with Gasteiger partial charge in [0, 0.05) is 48.9 Å². The van der Waals surface area contributed by atoms with Crippen LogP contribution in [0, 0.1) is 17.1 Å². The van der Waals surface area contributed by atoms with Crippen molar-refractivity contribution in [3.63, 3.8) is 0 Å². The number of hydrogen-bond acceptors (Lipinski definition) is 7. The summed E-state index contributed by atoms with van der Waals surface area (Å²) in [6, 6.07) is 11.3. The molecule has 0 spiro atoms. The van der Waals surface area contributed by atoms with Gasteiger partial charge < -0.3 is 21.3 Å². The first-order valence-corrected chi connectivity index (χ1v) is 9.48. The zero-order chi connectivity index (χ0) is 21.3. The molecule has 1 aromatic heterocycles. The Labute approximate surface area is 172 Å². The molecule has 1 atom stereocenters. The molecule has 2 heterocycles. The van der Waals surface area contributed by atoms with Crippen molar-refractivity contribution in [3.05, 3.63) is 47.8 Å². The molecule has 0 saturated carbocycles. The number of nitrogens with two attached hydrogens (primary N) is 1. The number of fused-ring (bicyclic) bond motifs is 1. The van der Waals surface area contributed by atoms with Crippen LogP contribution in [0.3, 0.4) is 0 Å². The van der Waals surface area contributed by atoms with Gasteiger partial charge in [-0.1, -0.05) is 0 Å². The molecule has 1 aliphatic heterocycles. The van der Waals surface area contributed by atoms with Gasteiger partial charge in [0.05, 0.1) is 17.1 Å². The number of carbonyl (C=O) groups excluding carboxylic acids is 1. The Kier molecular flexibility index (Phi) is 5.06. The summed E-state index contributed by atoms with van der Waals surface area (Å²) in [5.41, 5.74) is 7.71. The topological polar surface area (TPSA) is 120 Å². The molecule has 3 aromatic rings. The molecule has 152 valence electrons. The molecule has 0 unspecified atom stereocenters. The van der Waals surface area contributed by atoms with E-state index in [-0.39, 0.29) is 17.9 Å². The first kappa shape index (κ1) is 19.4. The molecule has 4 N–H and O–H groups in total. The van der Waals surface area contributed by atoms with Crippen molar-refractivity contribution in [1.29, 1.82) is 5.26 Å². The van der Waals surface area contributed by atoms with Crippen LogP contribution in [-0.4, -0.2) is 35.0 Å². The highest BCUT2D eigenvalue weighted by atomic mass is 19.1. The van der Waals surface area contributed by atoms with Gasteiger partial charge in [0.2, 0.25) is 11.9 Å². The van der Waals surface area contributed by atoms with Gasteiger partial charge in [-0.2, -0.15) is 10.2 Å². The van der Waals surface area contributed by atoms with Crippen LogP contribution in [0.15, 0.2) is 36.4 Å². The van der Waals surface area contributed by atoms with Gasteiger partial charge in [-0.05, 0) is 36.8 Å². The predicted molar refractivity (Wildman–Crippen MR) is 113 cm³/mol. The summed E-state index contributed by atoms with van der Waals surface area (Å²) in [7, 11) is 0. The molecular formula is C21H20FN7O. The number of nitrogens with zero attached hydrogens (tertiary/aromatic N) is 4. The lowest BCUT2D eigenvalue weighted by Gasteiger charge is -2.20. The van der Waals surface area contributed by atoms with Gasteiger partial charge in [0.25, 0.3) is 0 Å². The summed E-state index contributed by atoms with van der Waals surface area (Å²) >= 11 is 0. The zero-order valence-electron chi connectivity index (χ0n) is 16.3. The number of hydrogen-bond donors (Lipinski definition) is 3. The number of benzene rings is 2. The van der Waals surface area contributed by atoms with Crippen LogP contribution >= 0.6 is 0 Å². The van der Waals surface area contributed by atoms with E-state index in [1.165, 1.54) is 19.1 Å². The van der Waals surface area contributed by atoms with Crippen LogP contribution in [0.1, 0.15) is 18.9 Å². The van der Waals surface area contributed by atoms with E-state index in [9.17, 15) is 9.18 Å². The largest absolute Gasteiger partial charge is 0.399 e. The van der Waals surface area contributed by atoms with Crippen molar-refractivity contribution in [3.8, 4) is 6.07 Å². The summed E-state index contributed by atoms with van der Waals surface area (Å²) in [6.45, 7) is 2.79. The van der Waals surface area contributed by atoms with Crippen LogP contribution in [0.25, 0.3) is 10.9 Å². The van der Waals surface area contributed by atoms with Crippen molar-refractivity contribution in [2.75, 3.05) is 29.0 Å². The quantitative estimate of drug-likeness (QED) is 0.571. The van der Waals surface area contributed by atoms with E-state index in [1.807, 2.05) is 4.90 Å². The lowest BCUT2D eigenvalue weighted by atomic mass is 10.2. The maximum atomic E-state index is 13.9. The first-order valence-electron chi connectivity index (χ1n) is 9.48. The van der Waals surface area contributed by atoms with Crippen molar-refractivity contribution in [2.24, 2.45) is 0 Å². The molecule has 30 heavy (non-hydrogen) atoms. The molecule has 9 heteroatoms. The Morgan fingerprint density at radius 1 is 1.30 bits per heavy atom. The van der Waals surface area contributed by atoms with Gasteiger partial charge in [-0.15, -0.1) is 0 Å². The van der Waals surface area contributed by atoms with Crippen LogP contribution in [0.5, 0.6) is 0 Å². The Hall–Kier alpha value is -3.93. The van der Waals surface area contributed by atoms with Gasteiger partial charge in [0.15, 0.2) is 0 Å². The average molecular weight is 405 g/mol. The fourth-order valence-electron chi connectivity index (χ4n) is 3.66. The smallest absolute Gasteiger partial charge is 0.229 e. The van der Waals surface area contributed by atoms with Gasteiger partial charge in [-0.25, -0.2) is 9.37 Å². The molecule has 0 radical (unpaired) electrons. The van der Waals surface area contributed by atoms with E-state index in [1.54, 1.807) is 24.3 Å². The van der Waals surface area contributed by atoms with E-state index in [4.69, 9.17) is 11.0 Å². The highest BCUT2D eigenvalue weighted by Gasteiger charge is 2.26. The van der Waals surface area contributed by atoms with Gasteiger partial charge in [-0.3, -0.25) is 4.79 Å². The molecule has 0 bridgehead atoms. The predicted octanol–water partition coefficient (Wildman–Crippen LogP) is 2.68. The fourth-order valence-corrected chi connectivity index (χ4v) is 3.66. The number of anilines is 4. The summed E-state index contributed by atoms with van der Waals surface area (Å²) in [5.74, 6) is 0.445. The third kappa shape index (κ3) is 4.07. The molecular weight excluding hydrogens is 385 g/mol. The molecule has 4 rings (SSSR count). The maximum absolute atomic E-state index is 13.9. The first-order chi connectivity index (χ1) is 14.4. The van der Waals surface area contributed by atoms with Crippen molar-refractivity contribution >= 4 is 40.0 Å². The third-order valence-electron chi connectivity index (χ3n) is 4.87. The van der Waals surface area contributed by atoms with Crippen LogP contribution < -0.4 is 21.3 Å². The number of nitriles is 1. The second-order valence-electron chi connectivity index (χ2n) is 7.24. The number of amides is 1. The zero-order valence-corrected chi connectivity index (χ0v) is 16.3. The van der Waals surface area contributed by atoms with E-state index in [0.717, 1.165) is 11.8 Å². The average Bonchev–Trinajstić information content (AvgIpc) is 3.14. The van der Waals surface area contributed by atoms with Crippen LogP contribution in [0.4, 0.5) is 27.5 Å². The third-order valence-corrected chi connectivity index (χ3v) is 4.87. The van der Waals surface area contributed by atoms with Crippen molar-refractivity contribution in [1.82, 2.24) is 15.3 Å². The summed E-state index contributed by atoms with van der Waals surface area (Å²) in [6.07, 6.45) is 0.787. The number of aromatic nitrogens is 2. The molecule has 8 nitrogen and oxygen atoms in total. The van der Waals surface area contributed by atoms with E-state index in [2.05, 4.69) is 26.7 Å². The normalized spacial score (nSPS) is 15.8. The molecule has 0 aliphatic carbocycles. The fraction of sp³-hybridized carbons (Fsp3) is 0.238. The summed E-state index contributed by atoms with van der Waals surface area (Å²) in [5, 5.41) is 15.9. The van der Waals surface area contributed by atoms with Gasteiger partial charge in [0.1, 0.15) is 11.6 Å². The van der Waals surface area contributed by atoms with Crippen molar-refractivity contribution in [2.45, 2.75) is 19.4 Å². The molecule has 1 amide bonds. The minimum absolute atomic E-state index is 0.0245. The molecule has 2 aromatic carbocycles. The number of nitrogen functional groups attached to an aromatic ring is 1. The lowest BCUT2D eigenvalue weighted by molar-refractivity contribution is -0.119. The highest BCUT2D eigenvalue weighted by molar-refractivity contribution is 5.91. The Balaban J connectivity index is 1.72. The maximum Gasteiger partial charge on any atom is 0.229 e. The van der Waals surface area contributed by atoms with E-state index >= 15 is 0 Å². The SMILES string of the molecule is CC(=O)N[C@H]1CCN(c2nc(Nc3cc(N)cc(C#N)c3)nc3cc(F)ccc23)C1. The standard InChI is InChI=1S/C21H20FN7O/c1-12(30)25-16-4-5-29(11-16)20-18-3-2-14(22)8-19(18)27-21(28-20)26-17-7-13(10-23)6-15(24)9-17/h2-3,6-9,16H,4-5,11,24H2,1H3,(H,25,30)(H,26,27,28)/t16-/m0/s1. The van der Waals surface area contributed by atoms with Crippen molar-refractivity contribution < 1.29 is 9.18 Å². The van der Waals surface area contributed by atoms with Gasteiger partial charge >= 0.3 is 0 Å². The second-order valence-corrected chi connectivity index (χ2v) is 7.24. The Bertz CT molecular complexity index is 1170. The number of nitrogens with one attached hydrogen (secondary N) is 2.